The second kappa shape index (κ2) is 11.9. The summed E-state index contributed by atoms with van der Waals surface area (Å²) < 4.78 is 13.8. The van der Waals surface area contributed by atoms with Crippen molar-refractivity contribution in [2.45, 2.75) is 58.0 Å². The Morgan fingerprint density at radius 2 is 1.92 bits per heavy atom. The van der Waals surface area contributed by atoms with Crippen molar-refractivity contribution < 1.29 is 23.8 Å². The molecule has 1 spiro atoms. The van der Waals surface area contributed by atoms with Crippen LogP contribution in [0.1, 0.15) is 55.1 Å². The Labute approximate surface area is 280 Å². The van der Waals surface area contributed by atoms with Crippen LogP contribution in [0.15, 0.2) is 46.1 Å². The van der Waals surface area contributed by atoms with Crippen LogP contribution in [0.5, 0.6) is 11.6 Å². The highest BCUT2D eigenvalue weighted by Crippen LogP contribution is 2.55. The number of hydrogen-bond acceptors (Lipinski definition) is 11. The first kappa shape index (κ1) is 30.8. The SMILES string of the molecule is CCc1c(N2CCN(C(=O)c3c(O)ccc4ncoc34)CC2)c(=O)n2nc(-c3ccnc(OC)c3)nc2n1CC(=O)NC1CC2(CCC2)C1. The van der Waals surface area contributed by atoms with Crippen LogP contribution in [0, 0.1) is 5.41 Å². The number of rotatable bonds is 8. The van der Waals surface area contributed by atoms with Crippen molar-refractivity contribution in [1.82, 2.24) is 39.3 Å². The minimum Gasteiger partial charge on any atom is -0.507 e. The Kier molecular flexibility index (Phi) is 7.49. The largest absolute Gasteiger partial charge is 0.507 e. The van der Waals surface area contributed by atoms with Gasteiger partial charge in [0.25, 0.3) is 11.5 Å². The molecule has 5 heterocycles. The molecule has 49 heavy (non-hydrogen) atoms. The van der Waals surface area contributed by atoms with Crippen molar-refractivity contribution in [2.75, 3.05) is 38.2 Å². The first-order valence-electron chi connectivity index (χ1n) is 16.7. The van der Waals surface area contributed by atoms with Crippen molar-refractivity contribution in [3.05, 3.63) is 58.5 Å². The van der Waals surface area contributed by atoms with Crippen LogP contribution >= 0.6 is 0 Å². The van der Waals surface area contributed by atoms with Crippen LogP contribution in [-0.2, 0) is 17.8 Å². The Balaban J connectivity index is 1.12. The normalized spacial score (nSPS) is 17.3. The van der Waals surface area contributed by atoms with Gasteiger partial charge in [-0.05, 0) is 55.7 Å². The summed E-state index contributed by atoms with van der Waals surface area (Å²) in [7, 11) is 1.52. The number of fused-ring (bicyclic) bond motifs is 2. The number of nitrogens with one attached hydrogen (secondary N) is 1. The zero-order chi connectivity index (χ0) is 33.9. The molecule has 15 nitrogen and oxygen atoms in total. The summed E-state index contributed by atoms with van der Waals surface area (Å²) in [5, 5.41) is 18.4. The highest BCUT2D eigenvalue weighted by atomic mass is 16.5. The van der Waals surface area contributed by atoms with Gasteiger partial charge in [0, 0.05) is 50.0 Å². The Morgan fingerprint density at radius 3 is 2.63 bits per heavy atom. The van der Waals surface area contributed by atoms with E-state index in [4.69, 9.17) is 14.1 Å². The third kappa shape index (κ3) is 5.23. The van der Waals surface area contributed by atoms with Gasteiger partial charge in [0.1, 0.15) is 29.1 Å². The van der Waals surface area contributed by atoms with E-state index in [2.05, 4.69) is 20.4 Å². The van der Waals surface area contributed by atoms with E-state index >= 15 is 0 Å². The molecule has 1 aromatic carbocycles. The van der Waals surface area contributed by atoms with Gasteiger partial charge >= 0.3 is 0 Å². The number of hydrogen-bond donors (Lipinski definition) is 2. The number of anilines is 1. The molecule has 3 aliphatic rings. The number of carbonyl (C=O) groups excluding carboxylic acids is 2. The quantitative estimate of drug-likeness (QED) is 0.249. The number of carbonyl (C=O) groups is 2. The van der Waals surface area contributed by atoms with Crippen LogP contribution in [0.4, 0.5) is 5.69 Å². The van der Waals surface area contributed by atoms with E-state index in [1.807, 2.05) is 11.8 Å². The number of piperazine rings is 1. The summed E-state index contributed by atoms with van der Waals surface area (Å²) in [6.07, 6.45) is 9.03. The molecule has 4 aromatic heterocycles. The summed E-state index contributed by atoms with van der Waals surface area (Å²) in [5.74, 6) is 0.236. The fourth-order valence-corrected chi connectivity index (χ4v) is 7.72. The summed E-state index contributed by atoms with van der Waals surface area (Å²) in [4.78, 5) is 58.0. The van der Waals surface area contributed by atoms with Gasteiger partial charge in [0.05, 0.1) is 12.8 Å². The Hall–Kier alpha value is -5.47. The second-order valence-corrected chi connectivity index (χ2v) is 13.2. The summed E-state index contributed by atoms with van der Waals surface area (Å²) >= 11 is 0. The zero-order valence-corrected chi connectivity index (χ0v) is 27.4. The van der Waals surface area contributed by atoms with Crippen LogP contribution < -0.4 is 20.5 Å². The van der Waals surface area contributed by atoms with Crippen LogP contribution in [0.3, 0.4) is 0 Å². The lowest BCUT2D eigenvalue weighted by Gasteiger charge is -2.54. The molecule has 0 bridgehead atoms. The average molecular weight is 668 g/mol. The van der Waals surface area contributed by atoms with Crippen LogP contribution in [0.25, 0.3) is 28.3 Å². The summed E-state index contributed by atoms with van der Waals surface area (Å²) in [6, 6.07) is 6.60. The highest BCUT2D eigenvalue weighted by molar-refractivity contribution is 6.06. The first-order valence-corrected chi connectivity index (χ1v) is 16.7. The fourth-order valence-electron chi connectivity index (χ4n) is 7.72. The smallest absolute Gasteiger partial charge is 0.299 e. The Bertz CT molecular complexity index is 2150. The molecule has 2 saturated carbocycles. The topological polar surface area (TPSA) is 173 Å². The molecule has 8 rings (SSSR count). The molecule has 254 valence electrons. The number of aromatic nitrogens is 6. The van der Waals surface area contributed by atoms with Crippen molar-refractivity contribution in [1.29, 1.82) is 0 Å². The van der Waals surface area contributed by atoms with Gasteiger partial charge in [-0.1, -0.05) is 13.3 Å². The molecule has 0 unspecified atom stereocenters. The molecule has 0 radical (unpaired) electrons. The van der Waals surface area contributed by atoms with Crippen molar-refractivity contribution in [3.8, 4) is 23.0 Å². The van der Waals surface area contributed by atoms with E-state index in [0.717, 1.165) is 12.8 Å². The van der Waals surface area contributed by atoms with E-state index < -0.39 is 0 Å². The second-order valence-electron chi connectivity index (χ2n) is 13.2. The standard InChI is InChI=1S/C34H37N9O6/c1-3-23-28(40-11-13-41(14-12-40)31(46)27-24(44)6-5-22-29(27)49-19-36-22)32(47)43-33(38-30(39-43)20-7-10-35-26(15-20)48-2)42(23)18-25(45)37-21-16-34(17-21)8-4-9-34/h5-7,10,15,19,21,44H,3-4,8-9,11-14,16-18H2,1-2H3,(H,37,45). The number of phenolic OH excluding ortho intramolecular Hbond substituents is 1. The van der Waals surface area contributed by atoms with E-state index in [1.165, 1.54) is 43.3 Å². The third-order valence-electron chi connectivity index (χ3n) is 10.4. The van der Waals surface area contributed by atoms with E-state index in [0.29, 0.717) is 59.1 Å². The van der Waals surface area contributed by atoms with Crippen molar-refractivity contribution in [2.24, 2.45) is 5.41 Å². The van der Waals surface area contributed by atoms with Crippen molar-refractivity contribution in [3.63, 3.8) is 0 Å². The fraction of sp³-hybridized carbons (Fsp3) is 0.441. The number of phenols is 1. The third-order valence-corrected chi connectivity index (χ3v) is 10.4. The van der Waals surface area contributed by atoms with Gasteiger partial charge < -0.3 is 33.9 Å². The molecule has 2 aliphatic carbocycles. The molecule has 2 N–H and O–H groups in total. The van der Waals surface area contributed by atoms with Gasteiger partial charge in [0.15, 0.2) is 17.8 Å². The maximum absolute atomic E-state index is 14.3. The lowest BCUT2D eigenvalue weighted by molar-refractivity contribution is -0.125. The Morgan fingerprint density at radius 1 is 1.12 bits per heavy atom. The number of aromatic hydroxyl groups is 1. The number of amides is 2. The number of methoxy groups -OCH3 is 1. The van der Waals surface area contributed by atoms with Crippen LogP contribution in [-0.4, -0.2) is 90.3 Å². The van der Waals surface area contributed by atoms with Gasteiger partial charge in [0.2, 0.25) is 17.6 Å². The molecule has 1 aliphatic heterocycles. The number of oxazole rings is 1. The number of nitrogens with zero attached hydrogens (tertiary/aromatic N) is 8. The van der Waals surface area contributed by atoms with Crippen LogP contribution in [0.2, 0.25) is 0 Å². The van der Waals surface area contributed by atoms with Gasteiger partial charge in [-0.25, -0.2) is 9.97 Å². The summed E-state index contributed by atoms with van der Waals surface area (Å²) in [5.41, 5.74) is 2.50. The maximum atomic E-state index is 14.3. The molecule has 1 saturated heterocycles. The lowest BCUT2D eigenvalue weighted by Crippen LogP contribution is -2.54. The number of ether oxygens (including phenoxy) is 1. The molecule has 3 fully saturated rings. The first-order chi connectivity index (χ1) is 23.8. The number of benzene rings is 1. The van der Waals surface area contributed by atoms with Gasteiger partial charge in [-0.15, -0.1) is 5.10 Å². The lowest BCUT2D eigenvalue weighted by atomic mass is 9.54. The predicted octanol–water partition coefficient (Wildman–Crippen LogP) is 2.78. The monoisotopic (exact) mass is 667 g/mol. The van der Waals surface area contributed by atoms with Gasteiger partial charge in [-0.3, -0.25) is 14.4 Å². The van der Waals surface area contributed by atoms with Gasteiger partial charge in [-0.2, -0.15) is 9.50 Å². The van der Waals surface area contributed by atoms with Crippen molar-refractivity contribution >= 4 is 34.4 Å². The van der Waals surface area contributed by atoms with E-state index in [9.17, 15) is 19.5 Å². The molecular formula is C34H37N9O6. The summed E-state index contributed by atoms with van der Waals surface area (Å²) in [6.45, 7) is 3.17. The maximum Gasteiger partial charge on any atom is 0.299 e. The molecule has 5 aromatic rings. The highest BCUT2D eigenvalue weighted by Gasteiger charge is 2.48. The zero-order valence-electron chi connectivity index (χ0n) is 27.4. The number of pyridine rings is 1. The minimum absolute atomic E-state index is 0.0276. The molecule has 15 heteroatoms. The minimum atomic E-state index is -0.381. The average Bonchev–Trinajstić information content (AvgIpc) is 3.75. The predicted molar refractivity (Wildman–Crippen MR) is 178 cm³/mol. The van der Waals surface area contributed by atoms with E-state index in [1.54, 1.807) is 33.9 Å². The molecule has 0 atom stereocenters. The molecular weight excluding hydrogens is 630 g/mol. The molecule has 2 amide bonds. The van der Waals surface area contributed by atoms with E-state index in [-0.39, 0.29) is 65.7 Å².